The predicted octanol–water partition coefficient (Wildman–Crippen LogP) is 4.71. The van der Waals surface area contributed by atoms with Crippen LogP contribution in [0.1, 0.15) is 29.1 Å². The molecule has 2 unspecified atom stereocenters. The summed E-state index contributed by atoms with van der Waals surface area (Å²) in [4.78, 5) is 46.1. The van der Waals surface area contributed by atoms with Crippen LogP contribution in [0.2, 0.25) is 5.02 Å². The van der Waals surface area contributed by atoms with E-state index in [0.29, 0.717) is 16.8 Å². The van der Waals surface area contributed by atoms with E-state index < -0.39 is 29.6 Å². The summed E-state index contributed by atoms with van der Waals surface area (Å²) in [5.74, 6) is -3.70. The summed E-state index contributed by atoms with van der Waals surface area (Å²) in [6, 6.07) is 22.2. The van der Waals surface area contributed by atoms with Crippen molar-refractivity contribution in [2.75, 3.05) is 4.90 Å². The molecular weight excluding hydrogens is 500 g/mol. The lowest BCUT2D eigenvalue weighted by Gasteiger charge is -2.40. The van der Waals surface area contributed by atoms with Gasteiger partial charge in [-0.1, -0.05) is 61.0 Å². The highest BCUT2D eigenvalue weighted by atomic mass is 35.5. The van der Waals surface area contributed by atoms with Gasteiger partial charge in [0, 0.05) is 0 Å². The van der Waals surface area contributed by atoms with Crippen molar-refractivity contribution >= 4 is 63.4 Å². The molecule has 180 valence electrons. The number of oxazole rings is 1. The number of benzene rings is 3. The standard InChI is InChI=1S/C26H19ClN4O4S/c1-15(23-28-19-13-7-8-14-20(19)35-23)21-24(33)30(16-9-3-2-4-10-16)26(36)31(25(21)34)29-22(32)17-11-5-6-12-18(17)27/h2-15,21H,1H3,(H,29,32). The fraction of sp³-hybridized carbons (Fsp3) is 0.115. The van der Waals surface area contributed by atoms with Gasteiger partial charge in [0.2, 0.25) is 11.0 Å². The van der Waals surface area contributed by atoms with Gasteiger partial charge >= 0.3 is 0 Å². The van der Waals surface area contributed by atoms with Crippen molar-refractivity contribution in [3.63, 3.8) is 0 Å². The number of thiocarbonyl (C=S) groups is 1. The first-order valence-corrected chi connectivity index (χ1v) is 11.8. The Morgan fingerprint density at radius 1 is 1.00 bits per heavy atom. The molecule has 1 aliphatic heterocycles. The minimum atomic E-state index is -1.27. The van der Waals surface area contributed by atoms with Crippen LogP contribution in [0.15, 0.2) is 83.3 Å². The number of fused-ring (bicyclic) bond motifs is 1. The maximum atomic E-state index is 13.7. The molecule has 2 atom stereocenters. The average molecular weight is 519 g/mol. The van der Waals surface area contributed by atoms with Crippen LogP contribution in [0.25, 0.3) is 11.1 Å². The number of hydrogen-bond acceptors (Lipinski definition) is 6. The minimum absolute atomic E-state index is 0.154. The van der Waals surface area contributed by atoms with Gasteiger partial charge in [-0.25, -0.2) is 4.98 Å². The van der Waals surface area contributed by atoms with Gasteiger partial charge in [0.05, 0.1) is 22.2 Å². The predicted molar refractivity (Wildman–Crippen MR) is 138 cm³/mol. The van der Waals surface area contributed by atoms with Crippen molar-refractivity contribution in [1.29, 1.82) is 0 Å². The van der Waals surface area contributed by atoms with Crippen LogP contribution in [0.3, 0.4) is 0 Å². The molecule has 0 radical (unpaired) electrons. The van der Waals surface area contributed by atoms with E-state index in [-0.39, 0.29) is 21.6 Å². The Kier molecular flexibility index (Phi) is 6.26. The number of aromatic nitrogens is 1. The van der Waals surface area contributed by atoms with Gasteiger partial charge in [0.1, 0.15) is 11.4 Å². The zero-order valence-corrected chi connectivity index (χ0v) is 20.5. The van der Waals surface area contributed by atoms with Crippen LogP contribution in [0, 0.1) is 5.92 Å². The second-order valence-corrected chi connectivity index (χ2v) is 8.94. The molecule has 5 rings (SSSR count). The number of amides is 3. The number of carbonyl (C=O) groups excluding carboxylic acids is 3. The van der Waals surface area contributed by atoms with Gasteiger partial charge in [-0.3, -0.25) is 24.7 Å². The van der Waals surface area contributed by atoms with E-state index in [2.05, 4.69) is 10.4 Å². The zero-order chi connectivity index (χ0) is 25.4. The topological polar surface area (TPSA) is 95.8 Å². The lowest BCUT2D eigenvalue weighted by atomic mass is 9.89. The maximum absolute atomic E-state index is 13.7. The smallest absolute Gasteiger partial charge is 0.271 e. The number of halogens is 1. The summed E-state index contributed by atoms with van der Waals surface area (Å²) in [5, 5.41) is 0.939. The van der Waals surface area contributed by atoms with E-state index in [4.69, 9.17) is 28.2 Å². The Bertz CT molecular complexity index is 1470. The first-order chi connectivity index (χ1) is 17.4. The molecule has 8 nitrogen and oxygen atoms in total. The molecule has 3 aromatic carbocycles. The molecule has 10 heteroatoms. The summed E-state index contributed by atoms with van der Waals surface area (Å²) < 4.78 is 5.86. The van der Waals surface area contributed by atoms with Crippen LogP contribution >= 0.6 is 23.8 Å². The van der Waals surface area contributed by atoms with Gasteiger partial charge in [-0.15, -0.1) is 0 Å². The number of para-hydroxylation sites is 3. The maximum Gasteiger partial charge on any atom is 0.271 e. The molecule has 1 aromatic heterocycles. The van der Waals surface area contributed by atoms with Gasteiger partial charge in [-0.05, 0) is 48.6 Å². The molecule has 0 aliphatic carbocycles. The van der Waals surface area contributed by atoms with Gasteiger partial charge in [0.15, 0.2) is 11.5 Å². The van der Waals surface area contributed by atoms with Crippen molar-refractivity contribution in [2.24, 2.45) is 5.92 Å². The number of carbonyl (C=O) groups is 3. The van der Waals surface area contributed by atoms with E-state index in [1.54, 1.807) is 73.7 Å². The van der Waals surface area contributed by atoms with Crippen LogP contribution in [-0.4, -0.2) is 32.8 Å². The first-order valence-electron chi connectivity index (χ1n) is 11.0. The van der Waals surface area contributed by atoms with Crippen molar-refractivity contribution in [2.45, 2.75) is 12.8 Å². The molecule has 0 spiro atoms. The molecule has 1 saturated heterocycles. The number of hydrogen-bond donors (Lipinski definition) is 1. The van der Waals surface area contributed by atoms with E-state index in [1.165, 1.54) is 11.0 Å². The molecule has 0 bridgehead atoms. The van der Waals surface area contributed by atoms with Crippen molar-refractivity contribution in [3.8, 4) is 0 Å². The van der Waals surface area contributed by atoms with Gasteiger partial charge in [-0.2, -0.15) is 5.01 Å². The highest BCUT2D eigenvalue weighted by Gasteiger charge is 2.49. The summed E-state index contributed by atoms with van der Waals surface area (Å²) in [7, 11) is 0. The molecular formula is C26H19ClN4O4S. The third-order valence-electron chi connectivity index (χ3n) is 5.90. The Hall–Kier alpha value is -4.08. The molecule has 2 heterocycles. The highest BCUT2D eigenvalue weighted by molar-refractivity contribution is 7.80. The van der Waals surface area contributed by atoms with E-state index in [9.17, 15) is 14.4 Å². The van der Waals surface area contributed by atoms with E-state index in [1.807, 2.05) is 6.07 Å². The normalized spacial score (nSPS) is 16.9. The summed E-state index contributed by atoms with van der Waals surface area (Å²) in [5.41, 5.74) is 4.28. The number of hydrazine groups is 1. The average Bonchev–Trinajstić information content (AvgIpc) is 3.32. The van der Waals surface area contributed by atoms with E-state index >= 15 is 0 Å². The number of nitrogens with one attached hydrogen (secondary N) is 1. The Labute approximate surface area is 216 Å². The van der Waals surface area contributed by atoms with Crippen LogP contribution < -0.4 is 10.3 Å². The molecule has 1 aliphatic rings. The monoisotopic (exact) mass is 518 g/mol. The van der Waals surface area contributed by atoms with Gasteiger partial charge in [0.25, 0.3) is 11.8 Å². The summed E-state index contributed by atoms with van der Waals surface area (Å²) in [6.07, 6.45) is 0. The molecule has 1 fully saturated rings. The SMILES string of the molecule is CC(c1nc2ccccc2o1)C1C(=O)N(NC(=O)c2ccccc2Cl)C(=S)N(c2ccccc2)C1=O. The molecule has 36 heavy (non-hydrogen) atoms. The molecule has 4 aromatic rings. The molecule has 3 amide bonds. The third kappa shape index (κ3) is 4.12. The number of nitrogens with zero attached hydrogens (tertiary/aromatic N) is 3. The van der Waals surface area contributed by atoms with Gasteiger partial charge < -0.3 is 4.42 Å². The Morgan fingerprint density at radius 3 is 2.39 bits per heavy atom. The number of anilines is 1. The largest absolute Gasteiger partial charge is 0.440 e. The second-order valence-electron chi connectivity index (χ2n) is 8.17. The van der Waals surface area contributed by atoms with Crippen LogP contribution in [0.5, 0.6) is 0 Å². The Balaban J connectivity index is 1.55. The number of rotatable bonds is 5. The highest BCUT2D eigenvalue weighted by Crippen LogP contribution is 2.34. The quantitative estimate of drug-likeness (QED) is 0.304. The lowest BCUT2D eigenvalue weighted by Crippen LogP contribution is -2.65. The molecule has 0 saturated carbocycles. The van der Waals surface area contributed by atoms with Crippen molar-refractivity contribution in [1.82, 2.24) is 15.4 Å². The van der Waals surface area contributed by atoms with Crippen molar-refractivity contribution in [3.05, 3.63) is 95.3 Å². The first kappa shape index (κ1) is 23.7. The van der Waals surface area contributed by atoms with Crippen molar-refractivity contribution < 1.29 is 18.8 Å². The summed E-state index contributed by atoms with van der Waals surface area (Å²) >= 11 is 11.7. The minimum Gasteiger partial charge on any atom is -0.440 e. The molecule has 1 N–H and O–H groups in total. The Morgan fingerprint density at radius 2 is 1.67 bits per heavy atom. The second kappa shape index (κ2) is 9.52. The summed E-state index contributed by atoms with van der Waals surface area (Å²) in [6.45, 7) is 1.68. The fourth-order valence-electron chi connectivity index (χ4n) is 4.05. The fourth-order valence-corrected chi connectivity index (χ4v) is 4.60. The zero-order valence-electron chi connectivity index (χ0n) is 18.9. The van der Waals surface area contributed by atoms with E-state index in [0.717, 1.165) is 5.01 Å². The third-order valence-corrected chi connectivity index (χ3v) is 6.60. The lowest BCUT2D eigenvalue weighted by molar-refractivity contribution is -0.142. The van der Waals surface area contributed by atoms with Crippen LogP contribution in [0.4, 0.5) is 5.69 Å². The van der Waals surface area contributed by atoms with Crippen LogP contribution in [-0.2, 0) is 9.59 Å².